The van der Waals surface area contributed by atoms with Crippen LogP contribution < -0.4 is 0 Å². The highest BCUT2D eigenvalue weighted by molar-refractivity contribution is 5.13. The summed E-state index contributed by atoms with van der Waals surface area (Å²) in [4.78, 5) is 0. The number of hydrogen-bond donors (Lipinski definition) is 2. The average Bonchev–Trinajstić information content (AvgIpc) is 2.63. The Hall–Kier alpha value is -1.54. The van der Waals surface area contributed by atoms with Crippen LogP contribution in [0.15, 0.2) is 55.6 Å². The quantitative estimate of drug-likeness (QED) is 0.622. The first kappa shape index (κ1) is 19.8. The van der Waals surface area contributed by atoms with Gasteiger partial charge in [-0.15, -0.1) is 13.2 Å². The Morgan fingerprint density at radius 3 is 2.28 bits per heavy atom. The van der Waals surface area contributed by atoms with Crippen LogP contribution in [0.2, 0.25) is 0 Å². The van der Waals surface area contributed by atoms with Crippen molar-refractivity contribution in [1.29, 1.82) is 0 Å². The van der Waals surface area contributed by atoms with E-state index < -0.39 is 30.7 Å². The third-order valence-electron chi connectivity index (χ3n) is 3.84. The van der Waals surface area contributed by atoms with Gasteiger partial charge < -0.3 is 29.2 Å². The lowest BCUT2D eigenvalue weighted by Gasteiger charge is -2.42. The van der Waals surface area contributed by atoms with Gasteiger partial charge in [-0.25, -0.2) is 0 Å². The molecule has 0 saturated carbocycles. The van der Waals surface area contributed by atoms with Crippen LogP contribution in [0.3, 0.4) is 0 Å². The van der Waals surface area contributed by atoms with Crippen molar-refractivity contribution in [1.82, 2.24) is 0 Å². The summed E-state index contributed by atoms with van der Waals surface area (Å²) in [6.45, 7) is 8.11. The summed E-state index contributed by atoms with van der Waals surface area (Å²) in [6.07, 6.45) is -1.42. The minimum absolute atomic E-state index is 0.120. The van der Waals surface area contributed by atoms with Crippen LogP contribution >= 0.6 is 0 Å². The fourth-order valence-electron chi connectivity index (χ4n) is 2.64. The van der Waals surface area contributed by atoms with Crippen LogP contribution in [-0.4, -0.2) is 60.7 Å². The number of ether oxygens (including phenoxy) is 4. The van der Waals surface area contributed by atoms with Crippen LogP contribution in [0.1, 0.15) is 5.56 Å². The Morgan fingerprint density at radius 1 is 1.00 bits per heavy atom. The van der Waals surface area contributed by atoms with Gasteiger partial charge in [0.1, 0.15) is 24.4 Å². The summed E-state index contributed by atoms with van der Waals surface area (Å²) in [7, 11) is 0. The molecule has 6 heteroatoms. The van der Waals surface area contributed by atoms with E-state index in [1.807, 2.05) is 30.3 Å². The lowest BCUT2D eigenvalue weighted by Crippen LogP contribution is -2.60. The Bertz CT molecular complexity index is 520. The van der Waals surface area contributed by atoms with E-state index in [-0.39, 0.29) is 19.8 Å². The number of aliphatic hydroxyl groups excluding tert-OH is 2. The maximum absolute atomic E-state index is 10.6. The molecule has 0 spiro atoms. The summed E-state index contributed by atoms with van der Waals surface area (Å²) in [5.74, 6) is 0. The number of benzene rings is 1. The predicted octanol–water partition coefficient (Wildman–Crippen LogP) is 1.42. The molecule has 1 aliphatic rings. The van der Waals surface area contributed by atoms with Crippen molar-refractivity contribution in [3.63, 3.8) is 0 Å². The molecule has 6 nitrogen and oxygen atoms in total. The zero-order valence-electron chi connectivity index (χ0n) is 14.2. The third kappa shape index (κ3) is 5.74. The maximum atomic E-state index is 10.6. The summed E-state index contributed by atoms with van der Waals surface area (Å²) in [5, 5.41) is 20.8. The van der Waals surface area contributed by atoms with Crippen LogP contribution in [0.5, 0.6) is 0 Å². The molecule has 25 heavy (non-hydrogen) atoms. The Kier molecular flexibility index (Phi) is 8.27. The number of aliphatic hydroxyl groups is 2. The molecule has 2 rings (SSSR count). The second-order valence-corrected chi connectivity index (χ2v) is 5.73. The lowest BCUT2D eigenvalue weighted by atomic mass is 9.98. The van der Waals surface area contributed by atoms with Crippen LogP contribution in [0.4, 0.5) is 0 Å². The maximum Gasteiger partial charge on any atom is 0.184 e. The lowest BCUT2D eigenvalue weighted by molar-refractivity contribution is -0.302. The molecule has 0 unspecified atom stereocenters. The molecule has 138 valence electrons. The van der Waals surface area contributed by atoms with E-state index in [9.17, 15) is 10.2 Å². The molecular weight excluding hydrogens is 324 g/mol. The van der Waals surface area contributed by atoms with Crippen molar-refractivity contribution in [2.45, 2.75) is 37.3 Å². The van der Waals surface area contributed by atoms with E-state index in [0.717, 1.165) is 5.56 Å². The molecule has 1 aliphatic heterocycles. The third-order valence-corrected chi connectivity index (χ3v) is 3.84. The van der Waals surface area contributed by atoms with E-state index >= 15 is 0 Å². The molecule has 1 heterocycles. The highest BCUT2D eigenvalue weighted by Crippen LogP contribution is 2.25. The van der Waals surface area contributed by atoms with Gasteiger partial charge in [-0.3, -0.25) is 0 Å². The van der Waals surface area contributed by atoms with Gasteiger partial charge in [-0.05, 0) is 5.56 Å². The molecule has 5 atom stereocenters. The first-order chi connectivity index (χ1) is 12.2. The summed E-state index contributed by atoms with van der Waals surface area (Å²) >= 11 is 0. The molecule has 1 saturated heterocycles. The number of hydrogen-bond acceptors (Lipinski definition) is 6. The second kappa shape index (κ2) is 10.5. The first-order valence-corrected chi connectivity index (χ1v) is 8.25. The van der Waals surface area contributed by atoms with E-state index in [2.05, 4.69) is 13.2 Å². The van der Waals surface area contributed by atoms with Crippen molar-refractivity contribution < 1.29 is 29.2 Å². The second-order valence-electron chi connectivity index (χ2n) is 5.73. The van der Waals surface area contributed by atoms with Gasteiger partial charge >= 0.3 is 0 Å². The average molecular weight is 350 g/mol. The van der Waals surface area contributed by atoms with Crippen molar-refractivity contribution in [3.8, 4) is 0 Å². The largest absolute Gasteiger partial charge is 0.387 e. The standard InChI is InChI=1S/C19H26O6/c1-3-10-23-17-16(20)15(25-19(21)18(17)24-11-4-2)13-22-12-14-8-6-5-7-9-14/h3-9,15-21H,1-2,10-13H2/t15-,16-,17+,18-,19+/m1/s1. The van der Waals surface area contributed by atoms with E-state index in [4.69, 9.17) is 18.9 Å². The molecule has 0 aliphatic carbocycles. The molecule has 1 aromatic carbocycles. The van der Waals surface area contributed by atoms with E-state index in [1.54, 1.807) is 12.2 Å². The highest BCUT2D eigenvalue weighted by Gasteiger charge is 2.46. The highest BCUT2D eigenvalue weighted by atomic mass is 16.7. The van der Waals surface area contributed by atoms with Gasteiger partial charge in [-0.2, -0.15) is 0 Å². The Balaban J connectivity index is 1.94. The zero-order chi connectivity index (χ0) is 18.1. The van der Waals surface area contributed by atoms with E-state index in [0.29, 0.717) is 6.61 Å². The van der Waals surface area contributed by atoms with Gasteiger partial charge in [0.25, 0.3) is 0 Å². The predicted molar refractivity (Wildman–Crippen MR) is 92.9 cm³/mol. The van der Waals surface area contributed by atoms with Gasteiger partial charge in [-0.1, -0.05) is 42.5 Å². The monoisotopic (exact) mass is 350 g/mol. The van der Waals surface area contributed by atoms with E-state index in [1.165, 1.54) is 0 Å². The molecule has 0 amide bonds. The van der Waals surface area contributed by atoms with Crippen molar-refractivity contribution in [3.05, 3.63) is 61.2 Å². The molecule has 1 fully saturated rings. The molecule has 0 radical (unpaired) electrons. The van der Waals surface area contributed by atoms with Gasteiger partial charge in [0.15, 0.2) is 6.29 Å². The molecular formula is C19H26O6. The van der Waals surface area contributed by atoms with Gasteiger partial charge in [0.2, 0.25) is 0 Å². The smallest absolute Gasteiger partial charge is 0.184 e. The molecule has 0 aromatic heterocycles. The zero-order valence-corrected chi connectivity index (χ0v) is 14.2. The van der Waals surface area contributed by atoms with Crippen LogP contribution in [0.25, 0.3) is 0 Å². The Morgan fingerprint density at radius 2 is 1.64 bits per heavy atom. The first-order valence-electron chi connectivity index (χ1n) is 8.25. The summed E-state index contributed by atoms with van der Waals surface area (Å²) < 4.78 is 22.2. The van der Waals surface area contributed by atoms with Crippen LogP contribution in [-0.2, 0) is 25.6 Å². The van der Waals surface area contributed by atoms with Gasteiger partial charge in [0, 0.05) is 0 Å². The summed E-state index contributed by atoms with van der Waals surface area (Å²) in [5.41, 5.74) is 1.01. The minimum Gasteiger partial charge on any atom is -0.387 e. The van der Waals surface area contributed by atoms with Gasteiger partial charge in [0.05, 0.1) is 26.4 Å². The number of rotatable bonds is 10. The Labute approximate surface area is 148 Å². The molecule has 0 bridgehead atoms. The topological polar surface area (TPSA) is 77.4 Å². The fourth-order valence-corrected chi connectivity index (χ4v) is 2.64. The SMILES string of the molecule is C=CCO[C@@H]1[C@@H](OCC=C)[C@H](O)[C@@H](COCc2ccccc2)O[C@@H]1O. The normalized spacial score (nSPS) is 29.3. The van der Waals surface area contributed by atoms with Crippen molar-refractivity contribution in [2.24, 2.45) is 0 Å². The summed E-state index contributed by atoms with van der Waals surface area (Å²) in [6, 6.07) is 9.67. The van der Waals surface area contributed by atoms with Crippen molar-refractivity contribution >= 4 is 0 Å². The minimum atomic E-state index is -1.23. The van der Waals surface area contributed by atoms with Crippen LogP contribution in [0, 0.1) is 0 Å². The molecule has 1 aromatic rings. The molecule has 2 N–H and O–H groups in total. The van der Waals surface area contributed by atoms with Crippen molar-refractivity contribution in [2.75, 3.05) is 19.8 Å². The fraction of sp³-hybridized carbons (Fsp3) is 0.474.